The van der Waals surface area contributed by atoms with Gasteiger partial charge in [-0.1, -0.05) is 30.3 Å². The zero-order valence-corrected chi connectivity index (χ0v) is 7.75. The largest absolute Gasteiger partial charge is 0.461 e. The summed E-state index contributed by atoms with van der Waals surface area (Å²) in [5.41, 5.74) is 0.660. The van der Waals surface area contributed by atoms with E-state index in [1.165, 1.54) is 0 Å². The second kappa shape index (κ2) is 4.82. The lowest BCUT2D eigenvalue weighted by molar-refractivity contribution is -0.172. The van der Waals surface area contributed by atoms with Crippen molar-refractivity contribution >= 4 is 5.97 Å². The highest BCUT2D eigenvalue weighted by Gasteiger charge is 2.32. The van der Waals surface area contributed by atoms with Gasteiger partial charge >= 0.3 is 12.1 Å². The predicted octanol–water partition coefficient (Wildman–Crippen LogP) is 2.68. The molecular weight excluding hydrogens is 209 g/mol. The average Bonchev–Trinajstić information content (AvgIpc) is 2.14. The van der Waals surface area contributed by atoms with Crippen LogP contribution in [0.4, 0.5) is 13.2 Å². The number of carbonyl (C=O) groups is 1. The molecule has 0 fully saturated rings. The summed E-state index contributed by atoms with van der Waals surface area (Å²) in [4.78, 5) is 10.7. The van der Waals surface area contributed by atoms with Crippen LogP contribution in [0.3, 0.4) is 0 Å². The lowest BCUT2D eigenvalue weighted by Gasteiger charge is -2.06. The zero-order chi connectivity index (χ0) is 11.3. The minimum absolute atomic E-state index is 0.129. The van der Waals surface area contributed by atoms with Gasteiger partial charge in [0.25, 0.3) is 0 Å². The molecule has 0 radical (unpaired) electrons. The van der Waals surface area contributed by atoms with Gasteiger partial charge in [-0.3, -0.25) is 4.79 Å². The number of hydrogen-bond donors (Lipinski definition) is 0. The van der Waals surface area contributed by atoms with Gasteiger partial charge < -0.3 is 4.74 Å². The Morgan fingerprint density at radius 1 is 1.20 bits per heavy atom. The molecule has 0 bridgehead atoms. The van der Waals surface area contributed by atoms with E-state index in [2.05, 4.69) is 4.74 Å². The highest BCUT2D eigenvalue weighted by atomic mass is 19.4. The van der Waals surface area contributed by atoms with Crippen molar-refractivity contribution in [3.05, 3.63) is 35.9 Å². The van der Waals surface area contributed by atoms with Crippen molar-refractivity contribution < 1.29 is 22.7 Å². The van der Waals surface area contributed by atoms with Crippen LogP contribution in [-0.4, -0.2) is 12.1 Å². The van der Waals surface area contributed by atoms with Crippen LogP contribution >= 0.6 is 0 Å². The van der Waals surface area contributed by atoms with E-state index in [0.29, 0.717) is 5.56 Å². The second-order valence-electron chi connectivity index (χ2n) is 2.94. The average molecular weight is 218 g/mol. The fourth-order valence-corrected chi connectivity index (χ4v) is 0.953. The standard InChI is InChI=1S/C10H9F3O2/c11-10(12,13)6-9(14)15-7-8-4-2-1-3-5-8/h1-5H,6-7H2. The molecule has 15 heavy (non-hydrogen) atoms. The summed E-state index contributed by atoms with van der Waals surface area (Å²) in [5, 5.41) is 0. The van der Waals surface area contributed by atoms with Crippen molar-refractivity contribution in [2.75, 3.05) is 0 Å². The number of rotatable bonds is 3. The van der Waals surface area contributed by atoms with Crippen LogP contribution in [0.1, 0.15) is 12.0 Å². The maximum Gasteiger partial charge on any atom is 0.399 e. The summed E-state index contributed by atoms with van der Waals surface area (Å²) in [6.45, 7) is -0.129. The maximum absolute atomic E-state index is 11.7. The lowest BCUT2D eigenvalue weighted by atomic mass is 10.2. The van der Waals surface area contributed by atoms with Crippen molar-refractivity contribution in [1.82, 2.24) is 0 Å². The highest BCUT2D eigenvalue weighted by molar-refractivity contribution is 5.70. The van der Waals surface area contributed by atoms with Crippen LogP contribution in [0.15, 0.2) is 30.3 Å². The first-order valence-electron chi connectivity index (χ1n) is 4.24. The monoisotopic (exact) mass is 218 g/mol. The molecule has 1 aromatic carbocycles. The van der Waals surface area contributed by atoms with E-state index in [1.54, 1.807) is 30.3 Å². The van der Waals surface area contributed by atoms with Gasteiger partial charge in [-0.25, -0.2) is 0 Å². The van der Waals surface area contributed by atoms with Gasteiger partial charge in [-0.15, -0.1) is 0 Å². The fourth-order valence-electron chi connectivity index (χ4n) is 0.953. The topological polar surface area (TPSA) is 26.3 Å². The summed E-state index contributed by atoms with van der Waals surface area (Å²) in [6, 6.07) is 8.53. The minimum Gasteiger partial charge on any atom is -0.461 e. The van der Waals surface area contributed by atoms with Crippen molar-refractivity contribution in [3.8, 4) is 0 Å². The molecule has 0 spiro atoms. The quantitative estimate of drug-likeness (QED) is 0.729. The van der Waals surface area contributed by atoms with E-state index in [4.69, 9.17) is 0 Å². The van der Waals surface area contributed by atoms with Gasteiger partial charge in [-0.2, -0.15) is 13.2 Å². The molecule has 82 valence electrons. The molecule has 1 rings (SSSR count). The number of ether oxygens (including phenoxy) is 1. The smallest absolute Gasteiger partial charge is 0.399 e. The van der Waals surface area contributed by atoms with Gasteiger partial charge in [0.05, 0.1) is 0 Å². The second-order valence-corrected chi connectivity index (χ2v) is 2.94. The highest BCUT2D eigenvalue weighted by Crippen LogP contribution is 2.20. The number of hydrogen-bond acceptors (Lipinski definition) is 2. The third-order valence-electron chi connectivity index (χ3n) is 1.59. The van der Waals surface area contributed by atoms with Crippen LogP contribution in [0, 0.1) is 0 Å². The van der Waals surface area contributed by atoms with Crippen LogP contribution in [0.2, 0.25) is 0 Å². The Morgan fingerprint density at radius 2 is 1.80 bits per heavy atom. The summed E-state index contributed by atoms with van der Waals surface area (Å²) in [7, 11) is 0. The summed E-state index contributed by atoms with van der Waals surface area (Å²) in [5.74, 6) is -1.26. The predicted molar refractivity (Wildman–Crippen MR) is 46.9 cm³/mol. The number of carbonyl (C=O) groups excluding carboxylic acids is 1. The molecular formula is C10H9F3O2. The molecule has 0 atom stereocenters. The van der Waals surface area contributed by atoms with Crippen LogP contribution < -0.4 is 0 Å². The molecule has 0 saturated carbocycles. The molecule has 0 unspecified atom stereocenters. The Morgan fingerprint density at radius 3 is 2.33 bits per heavy atom. The fraction of sp³-hybridized carbons (Fsp3) is 0.300. The van der Waals surface area contributed by atoms with E-state index in [0.717, 1.165) is 0 Å². The molecule has 0 aliphatic rings. The molecule has 0 aliphatic carbocycles. The molecule has 0 aliphatic heterocycles. The first kappa shape index (κ1) is 11.6. The SMILES string of the molecule is O=C(CC(F)(F)F)OCc1ccccc1. The van der Waals surface area contributed by atoms with Crippen molar-refractivity contribution in [3.63, 3.8) is 0 Å². The van der Waals surface area contributed by atoms with E-state index >= 15 is 0 Å². The minimum atomic E-state index is -4.51. The molecule has 0 aromatic heterocycles. The van der Waals surface area contributed by atoms with Gasteiger partial charge in [0.15, 0.2) is 0 Å². The zero-order valence-electron chi connectivity index (χ0n) is 7.75. The van der Waals surface area contributed by atoms with Crippen LogP contribution in [0.25, 0.3) is 0 Å². The van der Waals surface area contributed by atoms with E-state index in [-0.39, 0.29) is 6.61 Å². The van der Waals surface area contributed by atoms with Crippen molar-refractivity contribution in [2.24, 2.45) is 0 Å². The summed E-state index contributed by atoms with van der Waals surface area (Å²) in [6.07, 6.45) is -6.05. The van der Waals surface area contributed by atoms with E-state index < -0.39 is 18.6 Å². The Balaban J connectivity index is 2.35. The summed E-state index contributed by atoms with van der Waals surface area (Å²) < 4.78 is 39.6. The van der Waals surface area contributed by atoms with Crippen LogP contribution in [0.5, 0.6) is 0 Å². The van der Waals surface area contributed by atoms with E-state index in [9.17, 15) is 18.0 Å². The first-order chi connectivity index (χ1) is 6.97. The van der Waals surface area contributed by atoms with Crippen LogP contribution in [-0.2, 0) is 16.1 Å². The molecule has 2 nitrogen and oxygen atoms in total. The Kier molecular flexibility index (Phi) is 3.71. The number of halogens is 3. The van der Waals surface area contributed by atoms with Crippen molar-refractivity contribution in [1.29, 1.82) is 0 Å². The van der Waals surface area contributed by atoms with Crippen molar-refractivity contribution in [2.45, 2.75) is 19.2 Å². The Bertz CT molecular complexity index is 319. The third kappa shape index (κ3) is 5.05. The van der Waals surface area contributed by atoms with Gasteiger partial charge in [0.1, 0.15) is 13.0 Å². The maximum atomic E-state index is 11.7. The molecule has 5 heteroatoms. The third-order valence-corrected chi connectivity index (χ3v) is 1.59. The first-order valence-corrected chi connectivity index (χ1v) is 4.24. The Labute approximate surface area is 84.7 Å². The summed E-state index contributed by atoms with van der Waals surface area (Å²) >= 11 is 0. The van der Waals surface area contributed by atoms with E-state index in [1.807, 2.05) is 0 Å². The number of benzene rings is 1. The lowest BCUT2D eigenvalue weighted by Crippen LogP contribution is -2.17. The number of alkyl halides is 3. The van der Waals surface area contributed by atoms with Gasteiger partial charge in [-0.05, 0) is 5.56 Å². The molecule has 0 amide bonds. The molecule has 0 heterocycles. The van der Waals surface area contributed by atoms with Gasteiger partial charge in [0.2, 0.25) is 0 Å². The molecule has 0 N–H and O–H groups in total. The Hall–Kier alpha value is -1.52. The molecule has 0 saturated heterocycles. The number of esters is 1. The normalized spacial score (nSPS) is 11.1. The molecule has 1 aromatic rings. The van der Waals surface area contributed by atoms with Gasteiger partial charge in [0, 0.05) is 0 Å².